The molecule has 0 amide bonds. The van der Waals surface area contributed by atoms with Crippen LogP contribution in [0.2, 0.25) is 0 Å². The first-order valence-electron chi connectivity index (χ1n) is 5.28. The van der Waals surface area contributed by atoms with Gasteiger partial charge < -0.3 is 15.2 Å². The predicted molar refractivity (Wildman–Crippen MR) is 60.5 cm³/mol. The standard InChI is InChI=1S/C11H12N4O2/c1-15-11(8(5-12)13-14-15)7-2-3-9-10(4-7)17-6-16-9/h2-4H,5-6,12H2,1H3. The van der Waals surface area contributed by atoms with E-state index in [0.717, 1.165) is 28.5 Å². The lowest BCUT2D eigenvalue weighted by molar-refractivity contribution is 0.174. The Morgan fingerprint density at radius 2 is 2.18 bits per heavy atom. The molecule has 0 radical (unpaired) electrons. The van der Waals surface area contributed by atoms with Gasteiger partial charge in [-0.25, -0.2) is 4.68 Å². The Hall–Kier alpha value is -2.08. The number of aromatic nitrogens is 3. The van der Waals surface area contributed by atoms with Crippen molar-refractivity contribution >= 4 is 0 Å². The van der Waals surface area contributed by atoms with Crippen molar-refractivity contribution in [2.45, 2.75) is 6.54 Å². The van der Waals surface area contributed by atoms with E-state index in [9.17, 15) is 0 Å². The molecule has 1 aromatic carbocycles. The fourth-order valence-electron chi connectivity index (χ4n) is 1.93. The van der Waals surface area contributed by atoms with Crippen LogP contribution in [0, 0.1) is 0 Å². The van der Waals surface area contributed by atoms with Crippen molar-refractivity contribution in [2.75, 3.05) is 6.79 Å². The molecule has 0 saturated carbocycles. The number of aryl methyl sites for hydroxylation is 1. The summed E-state index contributed by atoms with van der Waals surface area (Å²) in [5.41, 5.74) is 8.29. The van der Waals surface area contributed by atoms with Crippen LogP contribution in [0.15, 0.2) is 18.2 Å². The monoisotopic (exact) mass is 232 g/mol. The largest absolute Gasteiger partial charge is 0.454 e. The zero-order chi connectivity index (χ0) is 11.8. The number of nitrogens with two attached hydrogens (primary N) is 1. The third kappa shape index (κ3) is 1.53. The zero-order valence-electron chi connectivity index (χ0n) is 9.38. The fraction of sp³-hybridized carbons (Fsp3) is 0.273. The summed E-state index contributed by atoms with van der Waals surface area (Å²) in [6, 6.07) is 5.75. The molecule has 0 saturated heterocycles. The molecule has 2 heterocycles. The first kappa shape index (κ1) is 10.1. The van der Waals surface area contributed by atoms with Crippen LogP contribution >= 0.6 is 0 Å². The minimum atomic E-state index is 0.270. The molecule has 1 aliphatic rings. The number of nitrogens with zero attached hydrogens (tertiary/aromatic N) is 3. The highest BCUT2D eigenvalue weighted by molar-refractivity contribution is 5.66. The molecule has 2 aromatic rings. The molecular formula is C11H12N4O2. The van der Waals surface area contributed by atoms with E-state index in [-0.39, 0.29) is 6.79 Å². The van der Waals surface area contributed by atoms with Gasteiger partial charge in [0.25, 0.3) is 0 Å². The first-order chi connectivity index (χ1) is 8.29. The lowest BCUT2D eigenvalue weighted by Crippen LogP contribution is -2.00. The van der Waals surface area contributed by atoms with Crippen molar-refractivity contribution in [1.82, 2.24) is 15.0 Å². The van der Waals surface area contributed by atoms with E-state index in [1.165, 1.54) is 0 Å². The van der Waals surface area contributed by atoms with Crippen LogP contribution in [0.4, 0.5) is 0 Å². The maximum absolute atomic E-state index is 5.64. The summed E-state index contributed by atoms with van der Waals surface area (Å²) in [5.74, 6) is 1.50. The molecule has 0 fully saturated rings. The van der Waals surface area contributed by atoms with Gasteiger partial charge in [-0.1, -0.05) is 5.21 Å². The Labute approximate surface area is 97.9 Å². The van der Waals surface area contributed by atoms with Gasteiger partial charge in [0.15, 0.2) is 11.5 Å². The van der Waals surface area contributed by atoms with E-state index in [0.29, 0.717) is 6.54 Å². The summed E-state index contributed by atoms with van der Waals surface area (Å²) in [7, 11) is 1.84. The van der Waals surface area contributed by atoms with Gasteiger partial charge >= 0.3 is 0 Å². The second-order valence-corrected chi connectivity index (χ2v) is 3.78. The number of hydrogen-bond acceptors (Lipinski definition) is 5. The average Bonchev–Trinajstić information content (AvgIpc) is 2.93. The minimum absolute atomic E-state index is 0.270. The van der Waals surface area contributed by atoms with E-state index in [4.69, 9.17) is 15.2 Å². The number of rotatable bonds is 2. The second kappa shape index (κ2) is 3.74. The molecule has 1 aromatic heterocycles. The molecule has 1 aliphatic heterocycles. The Kier molecular flexibility index (Phi) is 2.22. The Morgan fingerprint density at radius 1 is 1.35 bits per heavy atom. The lowest BCUT2D eigenvalue weighted by Gasteiger charge is -2.04. The topological polar surface area (TPSA) is 75.2 Å². The average molecular weight is 232 g/mol. The highest BCUT2D eigenvalue weighted by Gasteiger charge is 2.17. The van der Waals surface area contributed by atoms with Crippen molar-refractivity contribution in [3.63, 3.8) is 0 Å². The van der Waals surface area contributed by atoms with Crippen LogP contribution < -0.4 is 15.2 Å². The molecule has 0 atom stereocenters. The summed E-state index contributed by atoms with van der Waals surface area (Å²) in [4.78, 5) is 0. The summed E-state index contributed by atoms with van der Waals surface area (Å²) in [5, 5.41) is 7.99. The Balaban J connectivity index is 2.12. The molecule has 3 rings (SSSR count). The summed E-state index contributed by atoms with van der Waals surface area (Å²) < 4.78 is 12.3. The maximum Gasteiger partial charge on any atom is 0.231 e. The molecule has 0 spiro atoms. The number of benzene rings is 1. The normalized spacial score (nSPS) is 13.1. The van der Waals surface area contributed by atoms with E-state index in [1.54, 1.807) is 4.68 Å². The summed E-state index contributed by atoms with van der Waals surface area (Å²) in [6.45, 7) is 0.629. The summed E-state index contributed by atoms with van der Waals surface area (Å²) >= 11 is 0. The van der Waals surface area contributed by atoms with Gasteiger partial charge in [-0.15, -0.1) is 5.10 Å². The Bertz CT molecular complexity index is 565. The molecule has 6 heteroatoms. The van der Waals surface area contributed by atoms with Crippen LogP contribution in [-0.4, -0.2) is 21.8 Å². The van der Waals surface area contributed by atoms with Crippen LogP contribution in [0.5, 0.6) is 11.5 Å². The van der Waals surface area contributed by atoms with Crippen LogP contribution in [-0.2, 0) is 13.6 Å². The van der Waals surface area contributed by atoms with Gasteiger partial charge in [0.05, 0.1) is 5.69 Å². The highest BCUT2D eigenvalue weighted by Crippen LogP contribution is 2.36. The molecule has 88 valence electrons. The summed E-state index contributed by atoms with van der Waals surface area (Å²) in [6.07, 6.45) is 0. The molecule has 0 unspecified atom stereocenters. The van der Waals surface area contributed by atoms with Gasteiger partial charge in [-0.2, -0.15) is 0 Å². The lowest BCUT2D eigenvalue weighted by atomic mass is 10.1. The van der Waals surface area contributed by atoms with Gasteiger partial charge in [0.2, 0.25) is 6.79 Å². The maximum atomic E-state index is 5.64. The molecular weight excluding hydrogens is 220 g/mol. The quantitative estimate of drug-likeness (QED) is 0.823. The van der Waals surface area contributed by atoms with E-state index in [1.807, 2.05) is 25.2 Å². The smallest absolute Gasteiger partial charge is 0.231 e. The number of fused-ring (bicyclic) bond motifs is 1. The third-order valence-corrected chi connectivity index (χ3v) is 2.74. The van der Waals surface area contributed by atoms with Gasteiger partial charge in [0.1, 0.15) is 5.69 Å². The van der Waals surface area contributed by atoms with Crippen LogP contribution in [0.25, 0.3) is 11.3 Å². The highest BCUT2D eigenvalue weighted by atomic mass is 16.7. The van der Waals surface area contributed by atoms with Gasteiger partial charge in [-0.3, -0.25) is 0 Å². The molecule has 2 N–H and O–H groups in total. The van der Waals surface area contributed by atoms with Crippen molar-refractivity contribution in [2.24, 2.45) is 12.8 Å². The first-order valence-corrected chi connectivity index (χ1v) is 5.28. The van der Waals surface area contributed by atoms with Gasteiger partial charge in [-0.05, 0) is 18.2 Å². The van der Waals surface area contributed by atoms with Crippen molar-refractivity contribution < 1.29 is 9.47 Å². The van der Waals surface area contributed by atoms with E-state index in [2.05, 4.69) is 10.3 Å². The van der Waals surface area contributed by atoms with Crippen LogP contribution in [0.3, 0.4) is 0 Å². The van der Waals surface area contributed by atoms with Gasteiger partial charge in [0, 0.05) is 19.2 Å². The van der Waals surface area contributed by atoms with E-state index < -0.39 is 0 Å². The minimum Gasteiger partial charge on any atom is -0.454 e. The second-order valence-electron chi connectivity index (χ2n) is 3.78. The zero-order valence-corrected chi connectivity index (χ0v) is 9.38. The molecule has 17 heavy (non-hydrogen) atoms. The fourth-order valence-corrected chi connectivity index (χ4v) is 1.93. The van der Waals surface area contributed by atoms with Crippen molar-refractivity contribution in [1.29, 1.82) is 0 Å². The number of hydrogen-bond donors (Lipinski definition) is 1. The molecule has 0 bridgehead atoms. The van der Waals surface area contributed by atoms with E-state index >= 15 is 0 Å². The van der Waals surface area contributed by atoms with Crippen LogP contribution in [0.1, 0.15) is 5.69 Å². The SMILES string of the molecule is Cn1nnc(CN)c1-c1ccc2c(c1)OCO2. The van der Waals surface area contributed by atoms with Crippen molar-refractivity contribution in [3.05, 3.63) is 23.9 Å². The molecule has 6 nitrogen and oxygen atoms in total. The Morgan fingerprint density at radius 3 is 3.00 bits per heavy atom. The predicted octanol–water partition coefficient (Wildman–Crippen LogP) is 0.669. The number of ether oxygens (including phenoxy) is 2. The molecule has 0 aliphatic carbocycles. The van der Waals surface area contributed by atoms with Crippen molar-refractivity contribution in [3.8, 4) is 22.8 Å². The third-order valence-electron chi connectivity index (χ3n) is 2.74.